The van der Waals surface area contributed by atoms with Gasteiger partial charge >= 0.3 is 0 Å². The number of hydrogen-bond donors (Lipinski definition) is 1. The van der Waals surface area contributed by atoms with Gasteiger partial charge in [-0.2, -0.15) is 0 Å². The van der Waals surface area contributed by atoms with Gasteiger partial charge < -0.3 is 5.32 Å². The summed E-state index contributed by atoms with van der Waals surface area (Å²) in [7, 11) is 0. The predicted octanol–water partition coefficient (Wildman–Crippen LogP) is 2.24. The summed E-state index contributed by atoms with van der Waals surface area (Å²) in [5.41, 5.74) is 0.913. The van der Waals surface area contributed by atoms with Crippen molar-refractivity contribution < 1.29 is 4.79 Å². The van der Waals surface area contributed by atoms with Gasteiger partial charge in [-0.1, -0.05) is 29.8 Å². The zero-order valence-electron chi connectivity index (χ0n) is 7.50. The first kappa shape index (κ1) is 9.87. The summed E-state index contributed by atoms with van der Waals surface area (Å²) in [6.45, 7) is 0.754. The van der Waals surface area contributed by atoms with Crippen LogP contribution < -0.4 is 5.32 Å². The lowest BCUT2D eigenvalue weighted by Crippen LogP contribution is -2.34. The molecule has 4 heteroatoms. The quantitative estimate of drug-likeness (QED) is 0.798. The molecule has 0 unspecified atom stereocenters. The van der Waals surface area contributed by atoms with Crippen molar-refractivity contribution in [2.75, 3.05) is 12.3 Å². The molecule has 1 aromatic rings. The molecule has 1 fully saturated rings. The lowest BCUT2D eigenvalue weighted by molar-refractivity contribution is -0.120. The van der Waals surface area contributed by atoms with E-state index in [1.165, 1.54) is 0 Å². The third kappa shape index (κ3) is 1.88. The monoisotopic (exact) mass is 227 g/mol. The second-order valence-corrected chi connectivity index (χ2v) is 4.68. The molecular formula is C10H10ClNOS. The molecule has 0 aromatic heterocycles. The second-order valence-electron chi connectivity index (χ2n) is 3.06. The van der Waals surface area contributed by atoms with Crippen LogP contribution in [0.5, 0.6) is 0 Å². The molecule has 0 radical (unpaired) electrons. The third-order valence-electron chi connectivity index (χ3n) is 2.11. The zero-order valence-corrected chi connectivity index (χ0v) is 9.07. The maximum absolute atomic E-state index is 11.6. The highest BCUT2D eigenvalue weighted by molar-refractivity contribution is 8.00. The summed E-state index contributed by atoms with van der Waals surface area (Å²) in [6.07, 6.45) is 0. The van der Waals surface area contributed by atoms with Crippen molar-refractivity contribution in [3.05, 3.63) is 34.9 Å². The topological polar surface area (TPSA) is 29.1 Å². The summed E-state index contributed by atoms with van der Waals surface area (Å²) in [4.78, 5) is 11.6. The fourth-order valence-electron chi connectivity index (χ4n) is 1.44. The molecule has 0 bridgehead atoms. The number of carbonyl (C=O) groups excluding carboxylic acids is 1. The molecule has 2 nitrogen and oxygen atoms in total. The van der Waals surface area contributed by atoms with Crippen molar-refractivity contribution in [1.82, 2.24) is 5.32 Å². The number of carbonyl (C=O) groups is 1. The largest absolute Gasteiger partial charge is 0.354 e. The van der Waals surface area contributed by atoms with Gasteiger partial charge in [-0.25, -0.2) is 0 Å². The molecule has 14 heavy (non-hydrogen) atoms. The van der Waals surface area contributed by atoms with Crippen molar-refractivity contribution >= 4 is 29.3 Å². The molecule has 0 aliphatic carbocycles. The number of amides is 1. The smallest absolute Gasteiger partial charge is 0.237 e. The van der Waals surface area contributed by atoms with Gasteiger partial charge in [0.05, 0.1) is 0 Å². The van der Waals surface area contributed by atoms with Gasteiger partial charge in [0, 0.05) is 17.3 Å². The Morgan fingerprint density at radius 1 is 1.43 bits per heavy atom. The highest BCUT2D eigenvalue weighted by Crippen LogP contribution is 2.34. The van der Waals surface area contributed by atoms with Crippen LogP contribution in [0.2, 0.25) is 5.02 Å². The van der Waals surface area contributed by atoms with Crippen molar-refractivity contribution in [2.24, 2.45) is 0 Å². The van der Waals surface area contributed by atoms with Crippen molar-refractivity contribution in [3.8, 4) is 0 Å². The Kier molecular flexibility index (Phi) is 2.99. The van der Waals surface area contributed by atoms with Crippen LogP contribution in [0.4, 0.5) is 0 Å². The van der Waals surface area contributed by atoms with E-state index in [0.29, 0.717) is 5.02 Å². The minimum absolute atomic E-state index is 0.0642. The van der Waals surface area contributed by atoms with Crippen LogP contribution in [0, 0.1) is 0 Å². The number of nitrogens with one attached hydrogen (secondary N) is 1. The molecule has 2 rings (SSSR count). The molecular weight excluding hydrogens is 218 g/mol. The average Bonchev–Trinajstić information content (AvgIpc) is 2.20. The highest BCUT2D eigenvalue weighted by Gasteiger charge is 2.25. The van der Waals surface area contributed by atoms with Gasteiger partial charge in [-0.05, 0) is 11.6 Å². The minimum atomic E-state index is -0.141. The molecule has 1 aliphatic rings. The molecule has 1 aliphatic heterocycles. The lowest BCUT2D eigenvalue weighted by Gasteiger charge is -2.22. The molecule has 0 saturated carbocycles. The van der Waals surface area contributed by atoms with E-state index in [4.69, 9.17) is 11.6 Å². The Hall–Kier alpha value is -0.670. The standard InChI is InChI=1S/C10H10ClNOS/c11-8-4-2-1-3-7(8)9-10(13)12-5-6-14-9/h1-4,9H,5-6H2,(H,12,13)/t9-/m0/s1. The second kappa shape index (κ2) is 4.24. The fraction of sp³-hybridized carbons (Fsp3) is 0.300. The van der Waals surface area contributed by atoms with Gasteiger partial charge in [0.1, 0.15) is 5.25 Å². The van der Waals surface area contributed by atoms with E-state index in [0.717, 1.165) is 17.9 Å². The first-order valence-electron chi connectivity index (χ1n) is 4.43. The SMILES string of the molecule is O=C1NCCS[C@H]1c1ccccc1Cl. The summed E-state index contributed by atoms with van der Waals surface area (Å²) >= 11 is 7.67. The first-order valence-corrected chi connectivity index (χ1v) is 5.85. The molecule has 1 saturated heterocycles. The van der Waals surface area contributed by atoms with Crippen LogP contribution in [0.3, 0.4) is 0 Å². The van der Waals surface area contributed by atoms with Gasteiger partial charge in [0.2, 0.25) is 5.91 Å². The summed E-state index contributed by atoms with van der Waals surface area (Å²) in [5.74, 6) is 1.01. The van der Waals surface area contributed by atoms with Crippen LogP contribution in [-0.2, 0) is 4.79 Å². The van der Waals surface area contributed by atoms with Crippen molar-refractivity contribution in [1.29, 1.82) is 0 Å². The minimum Gasteiger partial charge on any atom is -0.354 e. The summed E-state index contributed by atoms with van der Waals surface area (Å²) in [5, 5.41) is 3.37. The normalized spacial score (nSPS) is 21.8. The van der Waals surface area contributed by atoms with Gasteiger partial charge in [0.15, 0.2) is 0 Å². The number of halogens is 1. The van der Waals surface area contributed by atoms with Gasteiger partial charge in [-0.3, -0.25) is 4.79 Å². The maximum atomic E-state index is 11.6. The number of benzene rings is 1. The fourth-order valence-corrected chi connectivity index (χ4v) is 2.82. The van der Waals surface area contributed by atoms with Gasteiger partial charge in [0.25, 0.3) is 0 Å². The van der Waals surface area contributed by atoms with E-state index < -0.39 is 0 Å². The predicted molar refractivity (Wildman–Crippen MR) is 59.7 cm³/mol. The Morgan fingerprint density at radius 2 is 2.21 bits per heavy atom. The maximum Gasteiger partial charge on any atom is 0.237 e. The molecule has 1 amide bonds. The van der Waals surface area contributed by atoms with E-state index in [-0.39, 0.29) is 11.2 Å². The third-order valence-corrected chi connectivity index (χ3v) is 3.70. The number of rotatable bonds is 1. The summed E-state index contributed by atoms with van der Waals surface area (Å²) in [6, 6.07) is 7.51. The Balaban J connectivity index is 2.29. The van der Waals surface area contributed by atoms with Crippen LogP contribution in [0.1, 0.15) is 10.8 Å². The van der Waals surface area contributed by atoms with Crippen LogP contribution in [0.25, 0.3) is 0 Å². The van der Waals surface area contributed by atoms with Gasteiger partial charge in [-0.15, -0.1) is 11.8 Å². The van der Waals surface area contributed by atoms with E-state index in [2.05, 4.69) is 5.32 Å². The van der Waals surface area contributed by atoms with E-state index >= 15 is 0 Å². The summed E-state index contributed by atoms with van der Waals surface area (Å²) < 4.78 is 0. The number of hydrogen-bond acceptors (Lipinski definition) is 2. The first-order chi connectivity index (χ1) is 6.79. The van der Waals surface area contributed by atoms with E-state index in [1.807, 2.05) is 24.3 Å². The molecule has 1 N–H and O–H groups in total. The Bertz CT molecular complexity index is 356. The molecule has 1 heterocycles. The molecule has 74 valence electrons. The van der Waals surface area contributed by atoms with E-state index in [9.17, 15) is 4.79 Å². The van der Waals surface area contributed by atoms with Crippen LogP contribution >= 0.6 is 23.4 Å². The van der Waals surface area contributed by atoms with Crippen LogP contribution in [-0.4, -0.2) is 18.2 Å². The van der Waals surface area contributed by atoms with Crippen molar-refractivity contribution in [2.45, 2.75) is 5.25 Å². The highest BCUT2D eigenvalue weighted by atomic mass is 35.5. The molecule has 0 spiro atoms. The van der Waals surface area contributed by atoms with Crippen molar-refractivity contribution in [3.63, 3.8) is 0 Å². The average molecular weight is 228 g/mol. The zero-order chi connectivity index (χ0) is 9.97. The Labute approximate surface area is 92.0 Å². The lowest BCUT2D eigenvalue weighted by atomic mass is 10.1. The Morgan fingerprint density at radius 3 is 2.93 bits per heavy atom. The van der Waals surface area contributed by atoms with E-state index in [1.54, 1.807) is 11.8 Å². The van der Waals surface area contributed by atoms with Crippen LogP contribution in [0.15, 0.2) is 24.3 Å². The molecule has 1 aromatic carbocycles. The number of thioether (sulfide) groups is 1. The molecule has 1 atom stereocenters.